The predicted molar refractivity (Wildman–Crippen MR) is 77.5 cm³/mol. The summed E-state index contributed by atoms with van der Waals surface area (Å²) in [6, 6.07) is 9.76. The first-order chi connectivity index (χ1) is 10.5. The molecule has 1 aromatic heterocycles. The average Bonchev–Trinajstić information content (AvgIpc) is 2.80. The first kappa shape index (κ1) is 13.7. The van der Waals surface area contributed by atoms with Gasteiger partial charge in [0.05, 0.1) is 16.8 Å². The maximum absolute atomic E-state index is 13.3. The molecule has 0 fully saturated rings. The van der Waals surface area contributed by atoms with Crippen LogP contribution in [-0.4, -0.2) is 21.2 Å². The zero-order valence-corrected chi connectivity index (χ0v) is 11.1. The molecule has 3 rings (SSSR count). The molecule has 1 heterocycles. The lowest BCUT2D eigenvalue weighted by atomic mass is 10.2. The van der Waals surface area contributed by atoms with Crippen LogP contribution in [0.4, 0.5) is 15.8 Å². The van der Waals surface area contributed by atoms with E-state index >= 15 is 0 Å². The number of fused-ring (bicyclic) bond motifs is 1. The summed E-state index contributed by atoms with van der Waals surface area (Å²) in [5, 5.41) is 26.9. The van der Waals surface area contributed by atoms with E-state index in [4.69, 9.17) is 5.11 Å². The van der Waals surface area contributed by atoms with E-state index in [1.807, 2.05) is 0 Å². The van der Waals surface area contributed by atoms with Crippen LogP contribution in [0.15, 0.2) is 52.7 Å². The van der Waals surface area contributed by atoms with Crippen LogP contribution in [0.5, 0.6) is 5.88 Å². The van der Waals surface area contributed by atoms with Crippen LogP contribution >= 0.6 is 0 Å². The van der Waals surface area contributed by atoms with Crippen LogP contribution in [-0.2, 0) is 0 Å². The maximum atomic E-state index is 13.3. The van der Waals surface area contributed by atoms with E-state index in [2.05, 4.69) is 15.2 Å². The first-order valence-corrected chi connectivity index (χ1v) is 6.30. The van der Waals surface area contributed by atoms with E-state index in [1.54, 1.807) is 0 Å². The third-order valence-electron chi connectivity index (χ3n) is 3.09. The van der Waals surface area contributed by atoms with E-state index in [1.165, 1.54) is 42.5 Å². The van der Waals surface area contributed by atoms with E-state index in [0.717, 1.165) is 0 Å². The number of carboxylic acids is 1. The molecule has 0 unspecified atom stereocenters. The number of benzene rings is 2. The molecular weight excluding hydrogens is 289 g/mol. The molecule has 7 heteroatoms. The van der Waals surface area contributed by atoms with Crippen LogP contribution in [0.25, 0.3) is 10.9 Å². The highest BCUT2D eigenvalue weighted by molar-refractivity contribution is 5.94. The molecule has 0 saturated heterocycles. The van der Waals surface area contributed by atoms with Crippen molar-refractivity contribution in [1.29, 1.82) is 0 Å². The molecule has 3 aromatic rings. The third kappa shape index (κ3) is 2.51. The van der Waals surface area contributed by atoms with Gasteiger partial charge in [0.2, 0.25) is 5.88 Å². The summed E-state index contributed by atoms with van der Waals surface area (Å²) < 4.78 is 13.3. The fourth-order valence-electron chi connectivity index (χ4n) is 2.02. The van der Waals surface area contributed by atoms with Gasteiger partial charge in [-0.15, -0.1) is 5.11 Å². The highest BCUT2D eigenvalue weighted by Crippen LogP contribution is 2.36. The number of aromatic carboxylic acids is 1. The van der Waals surface area contributed by atoms with Gasteiger partial charge in [0.15, 0.2) is 5.69 Å². The Balaban J connectivity index is 1.96. The normalized spacial score (nSPS) is 11.3. The first-order valence-electron chi connectivity index (χ1n) is 6.30. The summed E-state index contributed by atoms with van der Waals surface area (Å²) in [7, 11) is 0. The van der Waals surface area contributed by atoms with Crippen LogP contribution in [0.2, 0.25) is 0 Å². The summed E-state index contributed by atoms with van der Waals surface area (Å²) in [4.78, 5) is 13.4. The van der Waals surface area contributed by atoms with Crippen molar-refractivity contribution in [3.05, 3.63) is 53.8 Å². The Kier molecular flexibility index (Phi) is 3.30. The highest BCUT2D eigenvalue weighted by atomic mass is 19.1. The number of carbonyl (C=O) groups is 1. The van der Waals surface area contributed by atoms with Gasteiger partial charge in [-0.05, 0) is 42.5 Å². The van der Waals surface area contributed by atoms with Gasteiger partial charge in [-0.25, -0.2) is 9.18 Å². The number of aromatic amines is 1. The number of rotatable bonds is 3. The van der Waals surface area contributed by atoms with E-state index in [0.29, 0.717) is 16.6 Å². The smallest absolute Gasteiger partial charge is 0.335 e. The summed E-state index contributed by atoms with van der Waals surface area (Å²) in [5.74, 6) is -1.70. The molecule has 3 N–H and O–H groups in total. The molecule has 6 nitrogen and oxygen atoms in total. The number of hydrogen-bond donors (Lipinski definition) is 3. The Morgan fingerprint density at radius 1 is 1.09 bits per heavy atom. The molecule has 0 spiro atoms. The quantitative estimate of drug-likeness (QED) is 0.634. The minimum atomic E-state index is -1.03. The Hall–Kier alpha value is -3.22. The lowest BCUT2D eigenvalue weighted by molar-refractivity contribution is 0.0697. The molecule has 0 atom stereocenters. The molecule has 0 aliphatic rings. The van der Waals surface area contributed by atoms with Crippen LogP contribution < -0.4 is 0 Å². The number of aromatic nitrogens is 1. The Morgan fingerprint density at radius 3 is 2.50 bits per heavy atom. The second-order valence-corrected chi connectivity index (χ2v) is 4.56. The predicted octanol–water partition coefficient (Wildman–Crippen LogP) is 4.13. The second-order valence-electron chi connectivity index (χ2n) is 4.56. The average molecular weight is 299 g/mol. The van der Waals surface area contributed by atoms with E-state index < -0.39 is 11.8 Å². The largest absolute Gasteiger partial charge is 0.493 e. The number of hydrogen-bond acceptors (Lipinski definition) is 4. The van der Waals surface area contributed by atoms with Gasteiger partial charge in [0.25, 0.3) is 0 Å². The van der Waals surface area contributed by atoms with E-state index in [-0.39, 0.29) is 17.1 Å². The summed E-state index contributed by atoms with van der Waals surface area (Å²) in [6.07, 6.45) is 0. The molecule has 2 aromatic carbocycles. The number of azo groups is 1. The third-order valence-corrected chi connectivity index (χ3v) is 3.09. The number of carboxylic acid groups (broad SMARTS) is 1. The topological polar surface area (TPSA) is 98.0 Å². The number of H-pyrrole nitrogens is 1. The Morgan fingerprint density at radius 2 is 1.82 bits per heavy atom. The molecule has 22 heavy (non-hydrogen) atoms. The van der Waals surface area contributed by atoms with Crippen LogP contribution in [0.3, 0.4) is 0 Å². The number of nitrogens with zero attached hydrogens (tertiary/aromatic N) is 2. The van der Waals surface area contributed by atoms with Gasteiger partial charge in [0.1, 0.15) is 5.82 Å². The molecule has 0 aliphatic heterocycles. The number of halogens is 1. The second kappa shape index (κ2) is 5.28. The monoisotopic (exact) mass is 299 g/mol. The molecule has 0 bridgehead atoms. The Bertz CT molecular complexity index is 885. The van der Waals surface area contributed by atoms with Gasteiger partial charge >= 0.3 is 5.97 Å². The van der Waals surface area contributed by atoms with Gasteiger partial charge in [-0.1, -0.05) is 0 Å². The van der Waals surface area contributed by atoms with Crippen molar-refractivity contribution in [2.45, 2.75) is 0 Å². The van der Waals surface area contributed by atoms with Crippen molar-refractivity contribution in [2.75, 3.05) is 0 Å². The Labute approximate surface area is 123 Å². The fraction of sp³-hybridized carbons (Fsp3) is 0. The molecule has 110 valence electrons. The number of aromatic hydroxyl groups is 1. The lowest BCUT2D eigenvalue weighted by Gasteiger charge is -1.95. The van der Waals surface area contributed by atoms with Gasteiger partial charge in [-0.2, -0.15) is 5.11 Å². The van der Waals surface area contributed by atoms with E-state index in [9.17, 15) is 14.3 Å². The van der Waals surface area contributed by atoms with Crippen molar-refractivity contribution in [3.8, 4) is 5.88 Å². The molecule has 0 aliphatic carbocycles. The lowest BCUT2D eigenvalue weighted by Crippen LogP contribution is -1.93. The molecule has 0 amide bonds. The zero-order chi connectivity index (χ0) is 15.7. The van der Waals surface area contributed by atoms with Gasteiger partial charge < -0.3 is 15.2 Å². The van der Waals surface area contributed by atoms with Crippen molar-refractivity contribution in [2.24, 2.45) is 10.2 Å². The standard InChI is InChI=1S/C15H10FN3O3/c16-9-3-6-12-11(7-9)13(14(20)17-12)19-18-10-4-1-8(2-5-10)15(21)22/h1-7,17,20H,(H,21,22). The minimum Gasteiger partial charge on any atom is -0.493 e. The van der Waals surface area contributed by atoms with Gasteiger partial charge in [-0.3, -0.25) is 0 Å². The maximum Gasteiger partial charge on any atom is 0.335 e. The molecule has 0 radical (unpaired) electrons. The molecular formula is C15H10FN3O3. The van der Waals surface area contributed by atoms with Crippen molar-refractivity contribution >= 4 is 28.2 Å². The SMILES string of the molecule is O=C(O)c1ccc(N=Nc2c(O)[nH]c3ccc(F)cc23)cc1. The molecule has 0 saturated carbocycles. The summed E-state index contributed by atoms with van der Waals surface area (Å²) in [5.41, 5.74) is 1.21. The van der Waals surface area contributed by atoms with Crippen molar-refractivity contribution in [1.82, 2.24) is 4.98 Å². The summed E-state index contributed by atoms with van der Waals surface area (Å²) >= 11 is 0. The van der Waals surface area contributed by atoms with Crippen molar-refractivity contribution in [3.63, 3.8) is 0 Å². The van der Waals surface area contributed by atoms with Crippen molar-refractivity contribution < 1.29 is 19.4 Å². The number of nitrogens with one attached hydrogen (secondary N) is 1. The minimum absolute atomic E-state index is 0.122. The zero-order valence-electron chi connectivity index (χ0n) is 11.1. The fourth-order valence-corrected chi connectivity index (χ4v) is 2.02. The summed E-state index contributed by atoms with van der Waals surface area (Å²) in [6.45, 7) is 0. The van der Waals surface area contributed by atoms with Gasteiger partial charge in [0, 0.05) is 5.39 Å². The van der Waals surface area contributed by atoms with Crippen LogP contribution in [0, 0.1) is 5.82 Å². The highest BCUT2D eigenvalue weighted by Gasteiger charge is 2.11. The van der Waals surface area contributed by atoms with Crippen LogP contribution in [0.1, 0.15) is 10.4 Å².